The maximum absolute atomic E-state index is 12.8. The minimum atomic E-state index is -3.77. The molecular weight excluding hydrogens is 496 g/mol. The van der Waals surface area contributed by atoms with Crippen LogP contribution in [-0.2, 0) is 21.2 Å². The van der Waals surface area contributed by atoms with E-state index in [0.29, 0.717) is 23.8 Å². The van der Waals surface area contributed by atoms with Gasteiger partial charge in [-0.1, -0.05) is 54.0 Å². The number of rotatable bonds is 9. The number of nitrogens with zero attached hydrogens (tertiary/aromatic N) is 3. The molecule has 170 valence electrons. The molecule has 32 heavy (non-hydrogen) atoms. The Labute approximate surface area is 196 Å². The van der Waals surface area contributed by atoms with Gasteiger partial charge in [0.05, 0.1) is 11.4 Å². The summed E-state index contributed by atoms with van der Waals surface area (Å²) in [7, 11) is -3.77. The molecule has 3 aromatic rings. The fourth-order valence-corrected chi connectivity index (χ4v) is 4.61. The summed E-state index contributed by atoms with van der Waals surface area (Å²) in [5.74, 6) is 0.953. The smallest absolute Gasteiger partial charge is 0.243 e. The monoisotopic (exact) mass is 520 g/mol. The molecule has 8 nitrogen and oxygen atoms in total. The zero-order valence-corrected chi connectivity index (χ0v) is 20.5. The van der Waals surface area contributed by atoms with Crippen LogP contribution in [0.3, 0.4) is 0 Å². The van der Waals surface area contributed by atoms with Gasteiger partial charge in [-0.3, -0.25) is 4.79 Å². The third-order valence-electron chi connectivity index (χ3n) is 4.70. The molecule has 1 N–H and O–H groups in total. The van der Waals surface area contributed by atoms with E-state index in [1.807, 2.05) is 26.0 Å². The number of carbonyl (C=O) groups is 1. The van der Waals surface area contributed by atoms with Crippen LogP contribution < -0.4 is 5.32 Å². The number of hydrogen-bond acceptors (Lipinski definition) is 6. The normalized spacial score (nSPS) is 11.8. The second kappa shape index (κ2) is 10.4. The van der Waals surface area contributed by atoms with Crippen molar-refractivity contribution in [2.24, 2.45) is 0 Å². The molecule has 0 aliphatic rings. The molecule has 1 aromatic heterocycles. The van der Waals surface area contributed by atoms with Gasteiger partial charge in [0.1, 0.15) is 0 Å². The van der Waals surface area contributed by atoms with Crippen LogP contribution in [0.25, 0.3) is 0 Å². The van der Waals surface area contributed by atoms with E-state index in [2.05, 4.69) is 31.4 Å². The number of halogens is 1. The van der Waals surface area contributed by atoms with Gasteiger partial charge in [-0.15, -0.1) is 0 Å². The SMILES string of the molecule is CCN(CC(=O)Nc1ccc(Cc2noc(C(C)C)n2)cc1)S(=O)(=O)c1ccc(Br)cc1. The summed E-state index contributed by atoms with van der Waals surface area (Å²) in [5, 5.41) is 6.72. The first-order chi connectivity index (χ1) is 15.2. The predicted molar refractivity (Wildman–Crippen MR) is 125 cm³/mol. The summed E-state index contributed by atoms with van der Waals surface area (Å²) < 4.78 is 32.8. The number of anilines is 1. The average molecular weight is 521 g/mol. The largest absolute Gasteiger partial charge is 0.339 e. The fourth-order valence-electron chi connectivity index (χ4n) is 2.95. The molecule has 0 atom stereocenters. The summed E-state index contributed by atoms with van der Waals surface area (Å²) in [6.45, 7) is 5.56. The van der Waals surface area contributed by atoms with E-state index in [0.717, 1.165) is 14.3 Å². The topological polar surface area (TPSA) is 105 Å². The Kier molecular flexibility index (Phi) is 7.81. The van der Waals surface area contributed by atoms with Crippen molar-refractivity contribution in [3.8, 4) is 0 Å². The van der Waals surface area contributed by atoms with Crippen molar-refractivity contribution in [3.05, 3.63) is 70.3 Å². The van der Waals surface area contributed by atoms with Crippen molar-refractivity contribution in [1.82, 2.24) is 14.4 Å². The molecule has 1 amide bonds. The number of amides is 1. The Morgan fingerprint density at radius 1 is 1.12 bits per heavy atom. The zero-order valence-electron chi connectivity index (χ0n) is 18.1. The van der Waals surface area contributed by atoms with E-state index in [9.17, 15) is 13.2 Å². The molecule has 2 aromatic carbocycles. The third kappa shape index (κ3) is 6.02. The highest BCUT2D eigenvalue weighted by Gasteiger charge is 2.25. The van der Waals surface area contributed by atoms with Crippen LogP contribution in [0.15, 0.2) is 62.4 Å². The minimum Gasteiger partial charge on any atom is -0.339 e. The molecule has 0 saturated carbocycles. The fraction of sp³-hybridized carbons (Fsp3) is 0.318. The molecule has 0 unspecified atom stereocenters. The van der Waals surface area contributed by atoms with Crippen LogP contribution in [-0.4, -0.2) is 41.9 Å². The molecule has 0 aliphatic heterocycles. The third-order valence-corrected chi connectivity index (χ3v) is 7.17. The van der Waals surface area contributed by atoms with E-state index in [-0.39, 0.29) is 23.9 Å². The summed E-state index contributed by atoms with van der Waals surface area (Å²) >= 11 is 3.29. The molecule has 0 radical (unpaired) electrons. The van der Waals surface area contributed by atoms with Crippen LogP contribution in [0.5, 0.6) is 0 Å². The maximum Gasteiger partial charge on any atom is 0.243 e. The van der Waals surface area contributed by atoms with Gasteiger partial charge >= 0.3 is 0 Å². The summed E-state index contributed by atoms with van der Waals surface area (Å²) in [4.78, 5) is 17.0. The summed E-state index contributed by atoms with van der Waals surface area (Å²) in [6, 6.07) is 13.6. The summed E-state index contributed by atoms with van der Waals surface area (Å²) in [5.41, 5.74) is 1.54. The molecule has 0 aliphatic carbocycles. The first kappa shape index (κ1) is 24.1. The van der Waals surface area contributed by atoms with Crippen molar-refractivity contribution in [3.63, 3.8) is 0 Å². The van der Waals surface area contributed by atoms with E-state index in [1.165, 1.54) is 12.1 Å². The van der Waals surface area contributed by atoms with Crippen molar-refractivity contribution >= 4 is 37.5 Å². The number of carbonyl (C=O) groups excluding carboxylic acids is 1. The second-order valence-electron chi connectivity index (χ2n) is 7.51. The van der Waals surface area contributed by atoms with Crippen LogP contribution >= 0.6 is 15.9 Å². The van der Waals surface area contributed by atoms with Crippen molar-refractivity contribution < 1.29 is 17.7 Å². The average Bonchev–Trinajstić information content (AvgIpc) is 3.22. The van der Waals surface area contributed by atoms with E-state index < -0.39 is 15.9 Å². The first-order valence-corrected chi connectivity index (χ1v) is 12.4. The number of sulfonamides is 1. The number of nitrogens with one attached hydrogen (secondary N) is 1. The van der Waals surface area contributed by atoms with E-state index in [4.69, 9.17) is 4.52 Å². The molecule has 0 spiro atoms. The van der Waals surface area contributed by atoms with Gasteiger partial charge in [0.25, 0.3) is 0 Å². The quantitative estimate of drug-likeness (QED) is 0.453. The lowest BCUT2D eigenvalue weighted by Crippen LogP contribution is -2.37. The van der Waals surface area contributed by atoms with Gasteiger partial charge < -0.3 is 9.84 Å². The Morgan fingerprint density at radius 3 is 2.34 bits per heavy atom. The Morgan fingerprint density at radius 2 is 1.78 bits per heavy atom. The lowest BCUT2D eigenvalue weighted by molar-refractivity contribution is -0.116. The highest BCUT2D eigenvalue weighted by Crippen LogP contribution is 2.19. The number of aromatic nitrogens is 2. The van der Waals surface area contributed by atoms with Crippen LogP contribution in [0.1, 0.15) is 44.0 Å². The number of hydrogen-bond donors (Lipinski definition) is 1. The number of likely N-dealkylation sites (N-methyl/N-ethyl adjacent to an activating group) is 1. The molecule has 10 heteroatoms. The van der Waals surface area contributed by atoms with Crippen molar-refractivity contribution in [2.45, 2.75) is 38.0 Å². The molecule has 0 saturated heterocycles. The van der Waals surface area contributed by atoms with Gasteiger partial charge in [-0.25, -0.2) is 8.42 Å². The van der Waals surface area contributed by atoms with E-state index in [1.54, 1.807) is 31.2 Å². The van der Waals surface area contributed by atoms with Gasteiger partial charge in [0.2, 0.25) is 21.8 Å². The Hall–Kier alpha value is -2.56. The number of benzene rings is 2. The van der Waals surface area contributed by atoms with E-state index >= 15 is 0 Å². The van der Waals surface area contributed by atoms with Gasteiger partial charge in [0, 0.05) is 29.0 Å². The van der Waals surface area contributed by atoms with Crippen LogP contribution in [0, 0.1) is 0 Å². The highest BCUT2D eigenvalue weighted by atomic mass is 79.9. The van der Waals surface area contributed by atoms with Crippen molar-refractivity contribution in [2.75, 3.05) is 18.4 Å². The minimum absolute atomic E-state index is 0.141. The lowest BCUT2D eigenvalue weighted by Gasteiger charge is -2.20. The molecule has 0 fully saturated rings. The Balaban J connectivity index is 1.61. The van der Waals surface area contributed by atoms with Gasteiger partial charge in [0.15, 0.2) is 5.82 Å². The van der Waals surface area contributed by atoms with Gasteiger partial charge in [-0.05, 0) is 42.0 Å². The molecular formula is C22H25BrN4O4S. The van der Waals surface area contributed by atoms with Crippen molar-refractivity contribution in [1.29, 1.82) is 0 Å². The molecule has 0 bridgehead atoms. The van der Waals surface area contributed by atoms with Gasteiger partial charge in [-0.2, -0.15) is 9.29 Å². The second-order valence-corrected chi connectivity index (χ2v) is 10.4. The molecule has 1 heterocycles. The zero-order chi connectivity index (χ0) is 23.3. The standard InChI is InChI=1S/C22H25BrN4O4S/c1-4-27(32(29,30)19-11-7-17(23)8-12-19)14-21(28)24-18-9-5-16(6-10-18)13-20-25-22(15(2)3)31-26-20/h5-12,15H,4,13-14H2,1-3H3,(H,24,28). The van der Waals surface area contributed by atoms with Crippen LogP contribution in [0.4, 0.5) is 5.69 Å². The van der Waals surface area contributed by atoms with Crippen LogP contribution in [0.2, 0.25) is 0 Å². The first-order valence-electron chi connectivity index (χ1n) is 10.2. The highest BCUT2D eigenvalue weighted by molar-refractivity contribution is 9.10. The Bertz CT molecular complexity index is 1160. The summed E-state index contributed by atoms with van der Waals surface area (Å²) in [6.07, 6.45) is 0.513. The maximum atomic E-state index is 12.8. The molecule has 3 rings (SSSR count). The lowest BCUT2D eigenvalue weighted by atomic mass is 10.1. The predicted octanol–water partition coefficient (Wildman–Crippen LogP) is 4.20.